The molecule has 0 saturated carbocycles. The fraction of sp³-hybridized carbons (Fsp3) is 0.514. The molecule has 0 aromatic heterocycles. The predicted molar refractivity (Wildman–Crippen MR) is 175 cm³/mol. The number of hydrogen-bond acceptors (Lipinski definition) is 2. The van der Waals surface area contributed by atoms with Crippen molar-refractivity contribution < 1.29 is 9.47 Å². The summed E-state index contributed by atoms with van der Waals surface area (Å²) in [6, 6.07) is 25.2. The van der Waals surface area contributed by atoms with E-state index in [0.717, 1.165) is 52.1 Å². The third-order valence-electron chi connectivity index (χ3n) is 7.94. The van der Waals surface area contributed by atoms with E-state index in [4.69, 9.17) is 9.47 Å². The summed E-state index contributed by atoms with van der Waals surface area (Å²) in [5.41, 5.74) is 8.40. The van der Waals surface area contributed by atoms with Gasteiger partial charge in [0.1, 0.15) is 0 Å². The van der Waals surface area contributed by atoms with Crippen LogP contribution in [-0.2, 0) is 22.3 Å². The molecule has 1 heterocycles. The standard InChI is InChI=1S/C37H51O2P/c1-9-16-28-22-30(17-10-2)34(32(23-28)29-18-12-11-13-19-29)31-20-14-15-21-33(31)40-36(5,6)26-38-24-35(3,4)25-39-27-37(40,7)8/h11-15,18-23H,9-10,16-17,24-27H2,1-8H3. The second-order valence-corrected chi connectivity index (χ2v) is 17.2. The summed E-state index contributed by atoms with van der Waals surface area (Å²) in [5, 5.41) is 1.43. The summed E-state index contributed by atoms with van der Waals surface area (Å²) in [6.45, 7) is 21.7. The van der Waals surface area contributed by atoms with Gasteiger partial charge in [0.25, 0.3) is 0 Å². The van der Waals surface area contributed by atoms with Gasteiger partial charge in [0.05, 0.1) is 26.4 Å². The van der Waals surface area contributed by atoms with Gasteiger partial charge in [0.15, 0.2) is 0 Å². The van der Waals surface area contributed by atoms with Crippen LogP contribution in [0.2, 0.25) is 0 Å². The number of benzene rings is 3. The first-order valence-electron chi connectivity index (χ1n) is 15.3. The van der Waals surface area contributed by atoms with Crippen LogP contribution < -0.4 is 5.30 Å². The Labute approximate surface area is 245 Å². The molecule has 3 aromatic carbocycles. The molecule has 3 aromatic rings. The molecule has 40 heavy (non-hydrogen) atoms. The van der Waals surface area contributed by atoms with Gasteiger partial charge in [-0.3, -0.25) is 0 Å². The smallest absolute Gasteiger partial charge is 0.0559 e. The summed E-state index contributed by atoms with van der Waals surface area (Å²) < 4.78 is 12.9. The monoisotopic (exact) mass is 558 g/mol. The normalized spacial score (nSPS) is 19.3. The molecule has 1 fully saturated rings. The molecule has 3 heteroatoms. The van der Waals surface area contributed by atoms with Gasteiger partial charge in [-0.2, -0.15) is 0 Å². The van der Waals surface area contributed by atoms with Gasteiger partial charge in [0, 0.05) is 15.7 Å². The molecule has 2 nitrogen and oxygen atoms in total. The van der Waals surface area contributed by atoms with Crippen LogP contribution in [0.15, 0.2) is 66.7 Å². The highest BCUT2D eigenvalue weighted by Crippen LogP contribution is 2.60. The Balaban J connectivity index is 1.97. The maximum absolute atomic E-state index is 6.47. The fourth-order valence-electron chi connectivity index (χ4n) is 6.51. The minimum atomic E-state index is -0.668. The van der Waals surface area contributed by atoms with Crippen LogP contribution in [0.25, 0.3) is 22.3 Å². The van der Waals surface area contributed by atoms with Crippen LogP contribution in [0.5, 0.6) is 0 Å². The molecule has 1 aliphatic rings. The molecule has 0 spiro atoms. The van der Waals surface area contributed by atoms with Crippen molar-refractivity contribution in [3.05, 3.63) is 77.9 Å². The number of rotatable bonds is 7. The van der Waals surface area contributed by atoms with E-state index in [1.54, 1.807) is 0 Å². The third kappa shape index (κ3) is 7.07. The Morgan fingerprint density at radius 3 is 1.82 bits per heavy atom. The fourth-order valence-corrected chi connectivity index (χ4v) is 10.6. The predicted octanol–water partition coefficient (Wildman–Crippen LogP) is 9.66. The van der Waals surface area contributed by atoms with Crippen LogP contribution in [0.1, 0.15) is 79.4 Å². The van der Waals surface area contributed by atoms with E-state index in [1.165, 1.54) is 38.7 Å². The Morgan fingerprint density at radius 2 is 1.23 bits per heavy atom. The molecule has 1 saturated heterocycles. The minimum Gasteiger partial charge on any atom is -0.380 e. The van der Waals surface area contributed by atoms with Gasteiger partial charge in [-0.15, -0.1) is 0 Å². The van der Waals surface area contributed by atoms with Gasteiger partial charge < -0.3 is 9.47 Å². The highest BCUT2D eigenvalue weighted by atomic mass is 31.1. The molecule has 0 bridgehead atoms. The van der Waals surface area contributed by atoms with Crippen molar-refractivity contribution in [3.8, 4) is 22.3 Å². The van der Waals surface area contributed by atoms with Crippen LogP contribution in [0.3, 0.4) is 0 Å². The molecule has 0 radical (unpaired) electrons. The largest absolute Gasteiger partial charge is 0.380 e. The summed E-state index contributed by atoms with van der Waals surface area (Å²) in [4.78, 5) is 0. The van der Waals surface area contributed by atoms with Crippen molar-refractivity contribution in [1.29, 1.82) is 0 Å². The molecule has 0 aliphatic carbocycles. The van der Waals surface area contributed by atoms with E-state index in [1.807, 2.05) is 0 Å². The van der Waals surface area contributed by atoms with Crippen molar-refractivity contribution in [1.82, 2.24) is 0 Å². The molecule has 0 unspecified atom stereocenters. The summed E-state index contributed by atoms with van der Waals surface area (Å²) in [6.07, 6.45) is 4.46. The molecular weight excluding hydrogens is 507 g/mol. The lowest BCUT2D eigenvalue weighted by Gasteiger charge is -2.47. The number of aryl methyl sites for hydroxylation is 2. The first-order valence-corrected chi connectivity index (χ1v) is 16.6. The molecular formula is C37H51O2P. The van der Waals surface area contributed by atoms with Crippen molar-refractivity contribution in [3.63, 3.8) is 0 Å². The second-order valence-electron chi connectivity index (χ2n) is 13.7. The quantitative estimate of drug-likeness (QED) is 0.269. The third-order valence-corrected chi connectivity index (χ3v) is 11.5. The molecule has 0 atom stereocenters. The number of ether oxygens (including phenoxy) is 2. The average molecular weight is 559 g/mol. The molecule has 4 rings (SSSR count). The lowest BCUT2D eigenvalue weighted by atomic mass is 9.86. The topological polar surface area (TPSA) is 18.5 Å². The summed E-state index contributed by atoms with van der Waals surface area (Å²) in [7, 11) is -0.668. The SMILES string of the molecule is CCCc1cc(CCC)c(-c2ccccc2P2C(C)(C)COCC(C)(C)COCC2(C)C)c(-c2ccccc2)c1. The van der Waals surface area contributed by atoms with Crippen molar-refractivity contribution >= 4 is 13.2 Å². The summed E-state index contributed by atoms with van der Waals surface area (Å²) >= 11 is 0. The lowest BCUT2D eigenvalue weighted by molar-refractivity contribution is -0.0160. The van der Waals surface area contributed by atoms with Gasteiger partial charge in [0.2, 0.25) is 0 Å². The second kappa shape index (κ2) is 12.9. The van der Waals surface area contributed by atoms with E-state index in [9.17, 15) is 0 Å². The van der Waals surface area contributed by atoms with E-state index in [0.29, 0.717) is 0 Å². The van der Waals surface area contributed by atoms with Crippen LogP contribution in [0.4, 0.5) is 0 Å². The van der Waals surface area contributed by atoms with Crippen molar-refractivity contribution in [2.24, 2.45) is 5.41 Å². The van der Waals surface area contributed by atoms with Gasteiger partial charge in [-0.05, 0) is 51.5 Å². The lowest BCUT2D eigenvalue weighted by Crippen LogP contribution is -2.44. The minimum absolute atomic E-state index is 0.0179. The zero-order valence-corrected chi connectivity index (χ0v) is 27.2. The molecule has 1 aliphatic heterocycles. The number of hydrogen-bond donors (Lipinski definition) is 0. The summed E-state index contributed by atoms with van der Waals surface area (Å²) in [5.74, 6) is 0. The van der Waals surface area contributed by atoms with E-state index < -0.39 is 7.92 Å². The van der Waals surface area contributed by atoms with E-state index in [2.05, 4.69) is 122 Å². The zero-order chi connectivity index (χ0) is 29.0. The van der Waals surface area contributed by atoms with Crippen LogP contribution in [0, 0.1) is 5.41 Å². The van der Waals surface area contributed by atoms with Crippen LogP contribution >= 0.6 is 7.92 Å². The Morgan fingerprint density at radius 1 is 0.650 bits per heavy atom. The Hall–Kier alpha value is -1.99. The highest BCUT2D eigenvalue weighted by molar-refractivity contribution is 7.69. The maximum Gasteiger partial charge on any atom is 0.0559 e. The first-order chi connectivity index (χ1) is 19.0. The van der Waals surface area contributed by atoms with E-state index >= 15 is 0 Å². The van der Waals surface area contributed by atoms with Gasteiger partial charge in [-0.1, -0.05) is 143 Å². The molecule has 0 amide bonds. The first kappa shape index (κ1) is 31.0. The Bertz CT molecular complexity index is 1230. The van der Waals surface area contributed by atoms with Crippen molar-refractivity contribution in [2.45, 2.75) is 91.4 Å². The maximum atomic E-state index is 6.47. The average Bonchev–Trinajstić information content (AvgIpc) is 2.88. The molecule has 0 N–H and O–H groups in total. The van der Waals surface area contributed by atoms with Gasteiger partial charge in [-0.25, -0.2) is 0 Å². The van der Waals surface area contributed by atoms with Crippen molar-refractivity contribution in [2.75, 3.05) is 26.4 Å². The van der Waals surface area contributed by atoms with E-state index in [-0.39, 0.29) is 15.7 Å². The van der Waals surface area contributed by atoms with Crippen LogP contribution in [-0.4, -0.2) is 36.7 Å². The Kier molecular flexibility index (Phi) is 9.98. The molecule has 216 valence electrons. The van der Waals surface area contributed by atoms with Gasteiger partial charge >= 0.3 is 0 Å². The highest BCUT2D eigenvalue weighted by Gasteiger charge is 2.44. The zero-order valence-electron chi connectivity index (χ0n) is 26.3.